The van der Waals surface area contributed by atoms with Crippen molar-refractivity contribution in [2.24, 2.45) is 0 Å². The van der Waals surface area contributed by atoms with Crippen molar-refractivity contribution in [1.82, 2.24) is 4.31 Å². The van der Waals surface area contributed by atoms with Gasteiger partial charge in [-0.05, 0) is 24.6 Å². The number of hydrogen-bond acceptors (Lipinski definition) is 3. The largest absolute Gasteiger partial charge is 0.398 e. The number of nitrogens with two attached hydrogens (primary N) is 1. The van der Waals surface area contributed by atoms with Crippen LogP contribution < -0.4 is 5.73 Å². The molecule has 0 radical (unpaired) electrons. The van der Waals surface area contributed by atoms with Crippen molar-refractivity contribution in [3.05, 3.63) is 36.2 Å². The molecule has 4 nitrogen and oxygen atoms in total. The standard InChI is InChI=1S/C11H13FN2O2S/c12-9-4-5-11(10(13)8-9)17(15,16)14-6-2-1-3-7-14/h1-2,4-5,8H,3,6-7,13H2. The second-order valence-corrected chi connectivity index (χ2v) is 5.71. The number of rotatable bonds is 2. The van der Waals surface area contributed by atoms with Gasteiger partial charge in [-0.15, -0.1) is 0 Å². The van der Waals surface area contributed by atoms with Gasteiger partial charge >= 0.3 is 0 Å². The summed E-state index contributed by atoms with van der Waals surface area (Å²) in [5, 5.41) is 0. The molecule has 6 heteroatoms. The fraction of sp³-hybridized carbons (Fsp3) is 0.273. The maximum Gasteiger partial charge on any atom is 0.245 e. The van der Waals surface area contributed by atoms with Crippen molar-refractivity contribution in [1.29, 1.82) is 0 Å². The van der Waals surface area contributed by atoms with E-state index < -0.39 is 15.8 Å². The normalized spacial score (nSPS) is 17.2. The molecule has 2 N–H and O–H groups in total. The monoisotopic (exact) mass is 256 g/mol. The van der Waals surface area contributed by atoms with Crippen LogP contribution >= 0.6 is 0 Å². The van der Waals surface area contributed by atoms with Crippen LogP contribution in [0, 0.1) is 5.82 Å². The topological polar surface area (TPSA) is 63.4 Å². The van der Waals surface area contributed by atoms with E-state index in [0.717, 1.165) is 12.1 Å². The number of hydrogen-bond donors (Lipinski definition) is 1. The van der Waals surface area contributed by atoms with Gasteiger partial charge in [-0.25, -0.2) is 12.8 Å². The first-order chi connectivity index (χ1) is 8.01. The Morgan fingerprint density at radius 2 is 2.06 bits per heavy atom. The van der Waals surface area contributed by atoms with Gasteiger partial charge in [0.25, 0.3) is 0 Å². The van der Waals surface area contributed by atoms with E-state index in [2.05, 4.69) is 0 Å². The van der Waals surface area contributed by atoms with Crippen LogP contribution in [0.4, 0.5) is 10.1 Å². The summed E-state index contributed by atoms with van der Waals surface area (Å²) in [6, 6.07) is 3.33. The van der Waals surface area contributed by atoms with Crippen LogP contribution in [-0.2, 0) is 10.0 Å². The molecule has 0 bridgehead atoms. The van der Waals surface area contributed by atoms with Crippen LogP contribution in [0.25, 0.3) is 0 Å². The van der Waals surface area contributed by atoms with Crippen molar-refractivity contribution in [2.75, 3.05) is 18.8 Å². The second-order valence-electron chi connectivity index (χ2n) is 3.81. The molecule has 0 unspecified atom stereocenters. The van der Waals surface area contributed by atoms with Crippen molar-refractivity contribution < 1.29 is 12.8 Å². The van der Waals surface area contributed by atoms with Crippen LogP contribution in [0.3, 0.4) is 0 Å². The third-order valence-corrected chi connectivity index (χ3v) is 4.55. The van der Waals surface area contributed by atoms with E-state index in [4.69, 9.17) is 5.73 Å². The Kier molecular flexibility index (Phi) is 3.17. The Hall–Kier alpha value is -1.40. The Labute approximate surface area is 99.6 Å². The molecular weight excluding hydrogens is 243 g/mol. The molecule has 0 saturated carbocycles. The highest BCUT2D eigenvalue weighted by Crippen LogP contribution is 2.24. The van der Waals surface area contributed by atoms with Crippen molar-refractivity contribution in [3.8, 4) is 0 Å². The Morgan fingerprint density at radius 3 is 2.65 bits per heavy atom. The zero-order chi connectivity index (χ0) is 12.5. The summed E-state index contributed by atoms with van der Waals surface area (Å²) < 4.78 is 38.6. The summed E-state index contributed by atoms with van der Waals surface area (Å²) in [5.74, 6) is -0.542. The average Bonchev–Trinajstić information content (AvgIpc) is 2.29. The highest BCUT2D eigenvalue weighted by atomic mass is 32.2. The molecule has 92 valence electrons. The second kappa shape index (κ2) is 4.46. The zero-order valence-electron chi connectivity index (χ0n) is 9.14. The first kappa shape index (κ1) is 12.1. The minimum Gasteiger partial charge on any atom is -0.398 e. The molecule has 1 heterocycles. The molecule has 1 aliphatic rings. The minimum atomic E-state index is -3.62. The lowest BCUT2D eigenvalue weighted by molar-refractivity contribution is 0.438. The summed E-state index contributed by atoms with van der Waals surface area (Å²) >= 11 is 0. The van der Waals surface area contributed by atoms with Gasteiger partial charge in [0.1, 0.15) is 10.7 Å². The maximum atomic E-state index is 12.9. The molecule has 1 aromatic rings. The quantitative estimate of drug-likeness (QED) is 0.642. The third-order valence-electron chi connectivity index (χ3n) is 2.61. The fourth-order valence-electron chi connectivity index (χ4n) is 1.73. The zero-order valence-corrected chi connectivity index (χ0v) is 9.95. The molecule has 0 aromatic heterocycles. The van der Waals surface area contributed by atoms with E-state index in [1.54, 1.807) is 6.08 Å². The van der Waals surface area contributed by atoms with Gasteiger partial charge in [0, 0.05) is 13.1 Å². The van der Waals surface area contributed by atoms with Gasteiger partial charge in [0.05, 0.1) is 5.69 Å². The highest BCUT2D eigenvalue weighted by molar-refractivity contribution is 7.89. The first-order valence-electron chi connectivity index (χ1n) is 5.22. The first-order valence-corrected chi connectivity index (χ1v) is 6.66. The number of nitrogen functional groups attached to an aromatic ring is 1. The molecular formula is C11H13FN2O2S. The lowest BCUT2D eigenvalue weighted by atomic mass is 10.3. The van der Waals surface area contributed by atoms with E-state index in [1.807, 2.05) is 6.08 Å². The van der Waals surface area contributed by atoms with Crippen LogP contribution in [0.5, 0.6) is 0 Å². The third kappa shape index (κ3) is 2.32. The number of nitrogens with zero attached hydrogens (tertiary/aromatic N) is 1. The number of halogens is 1. The lowest BCUT2D eigenvalue weighted by Gasteiger charge is -2.23. The lowest BCUT2D eigenvalue weighted by Crippen LogP contribution is -2.34. The molecule has 1 aliphatic heterocycles. The summed E-state index contributed by atoms with van der Waals surface area (Å²) in [6.45, 7) is 0.759. The fourth-order valence-corrected chi connectivity index (χ4v) is 3.23. The van der Waals surface area contributed by atoms with Gasteiger partial charge in [-0.2, -0.15) is 4.31 Å². The Balaban J connectivity index is 2.40. The minimum absolute atomic E-state index is 0.0331. The van der Waals surface area contributed by atoms with Crippen LogP contribution in [0.2, 0.25) is 0 Å². The Bertz CT molecular complexity index is 555. The molecule has 0 amide bonds. The van der Waals surface area contributed by atoms with E-state index >= 15 is 0 Å². The van der Waals surface area contributed by atoms with Crippen molar-refractivity contribution >= 4 is 15.7 Å². The molecule has 0 spiro atoms. The molecule has 1 aromatic carbocycles. The van der Waals surface area contributed by atoms with Crippen LogP contribution in [0.1, 0.15) is 6.42 Å². The average molecular weight is 256 g/mol. The van der Waals surface area contributed by atoms with E-state index in [-0.39, 0.29) is 10.6 Å². The number of anilines is 1. The summed E-state index contributed by atoms with van der Waals surface area (Å²) in [6.07, 6.45) is 4.40. The predicted molar refractivity (Wildman–Crippen MR) is 63.3 cm³/mol. The molecule has 0 saturated heterocycles. The van der Waals surface area contributed by atoms with E-state index in [0.29, 0.717) is 19.5 Å². The van der Waals surface area contributed by atoms with Gasteiger partial charge in [0.15, 0.2) is 0 Å². The summed E-state index contributed by atoms with van der Waals surface area (Å²) in [4.78, 5) is -0.0331. The van der Waals surface area contributed by atoms with Crippen molar-refractivity contribution in [2.45, 2.75) is 11.3 Å². The number of sulfonamides is 1. The van der Waals surface area contributed by atoms with Crippen molar-refractivity contribution in [3.63, 3.8) is 0 Å². The molecule has 2 rings (SSSR count). The Morgan fingerprint density at radius 1 is 1.29 bits per heavy atom. The van der Waals surface area contributed by atoms with E-state index in [9.17, 15) is 12.8 Å². The molecule has 0 atom stereocenters. The van der Waals surface area contributed by atoms with Gasteiger partial charge in [-0.1, -0.05) is 12.2 Å². The molecule has 17 heavy (non-hydrogen) atoms. The van der Waals surface area contributed by atoms with Crippen LogP contribution in [-0.4, -0.2) is 25.8 Å². The predicted octanol–water partition coefficient (Wildman–Crippen LogP) is 1.36. The maximum absolute atomic E-state index is 12.9. The summed E-state index contributed by atoms with van der Waals surface area (Å²) in [5.41, 5.74) is 5.49. The van der Waals surface area contributed by atoms with Crippen LogP contribution in [0.15, 0.2) is 35.2 Å². The molecule has 0 aliphatic carbocycles. The number of benzene rings is 1. The van der Waals surface area contributed by atoms with Gasteiger partial charge in [-0.3, -0.25) is 0 Å². The molecule has 0 fully saturated rings. The highest BCUT2D eigenvalue weighted by Gasteiger charge is 2.26. The summed E-state index contributed by atoms with van der Waals surface area (Å²) in [7, 11) is -3.62. The van der Waals surface area contributed by atoms with Gasteiger partial charge in [0.2, 0.25) is 10.0 Å². The van der Waals surface area contributed by atoms with E-state index in [1.165, 1.54) is 10.4 Å². The SMILES string of the molecule is Nc1cc(F)ccc1S(=O)(=O)N1CC=CCC1. The smallest absolute Gasteiger partial charge is 0.245 e. The van der Waals surface area contributed by atoms with Gasteiger partial charge < -0.3 is 5.73 Å².